The van der Waals surface area contributed by atoms with Crippen LogP contribution in [-0.2, 0) is 0 Å². The summed E-state index contributed by atoms with van der Waals surface area (Å²) in [5, 5.41) is 14.9. The van der Waals surface area contributed by atoms with E-state index in [9.17, 15) is 0 Å². The molecule has 5 nitrogen and oxygen atoms in total. The maximum absolute atomic E-state index is 7.43. The number of likely N-dealkylation sites (N-methyl/N-ethyl adjacent to an activating group) is 1. The summed E-state index contributed by atoms with van der Waals surface area (Å²) in [6.07, 6.45) is 8.93. The lowest BCUT2D eigenvalue weighted by molar-refractivity contribution is 0.00796. The summed E-state index contributed by atoms with van der Waals surface area (Å²) in [7, 11) is 2.19. The third kappa shape index (κ3) is 3.34. The molecule has 1 heterocycles. The predicted octanol–water partition coefficient (Wildman–Crippen LogP) is 1.45. The Bertz CT molecular complexity index is 295. The molecule has 2 rings (SSSR count). The van der Waals surface area contributed by atoms with Crippen molar-refractivity contribution in [3.63, 3.8) is 0 Å². The lowest BCUT2D eigenvalue weighted by Gasteiger charge is -2.50. The number of rotatable bonds is 5. The third-order valence-corrected chi connectivity index (χ3v) is 4.77. The summed E-state index contributed by atoms with van der Waals surface area (Å²) in [5.74, 6) is 0. The van der Waals surface area contributed by atoms with Crippen molar-refractivity contribution in [2.45, 2.75) is 37.6 Å². The van der Waals surface area contributed by atoms with Crippen LogP contribution in [0.1, 0.15) is 32.1 Å². The van der Waals surface area contributed by atoms with Crippen molar-refractivity contribution in [3.8, 4) is 0 Å². The van der Waals surface area contributed by atoms with E-state index >= 15 is 0 Å². The van der Waals surface area contributed by atoms with Crippen molar-refractivity contribution in [2.75, 3.05) is 39.8 Å². The van der Waals surface area contributed by atoms with Gasteiger partial charge in [-0.05, 0) is 19.9 Å². The van der Waals surface area contributed by atoms with Gasteiger partial charge in [0.15, 0.2) is 0 Å². The van der Waals surface area contributed by atoms with Crippen LogP contribution in [0.3, 0.4) is 0 Å². The second-order valence-corrected chi connectivity index (χ2v) is 6.01. The lowest BCUT2D eigenvalue weighted by Crippen LogP contribution is -2.61. The molecule has 0 aromatic heterocycles. The van der Waals surface area contributed by atoms with Crippen molar-refractivity contribution in [3.05, 3.63) is 0 Å². The number of hydrogen-bond donors (Lipinski definition) is 2. The summed E-state index contributed by atoms with van der Waals surface area (Å²) in [6, 6.07) is 0. The standard InChI is InChI=1S/C14H27N5/c1-17-7-9-19(10-8-17)14(5-3-2-4-6-14)11-18(12-15)13-16/h12-13,15-16H,2-11H2,1H3. The quantitative estimate of drug-likeness (QED) is 0.584. The van der Waals surface area contributed by atoms with Gasteiger partial charge >= 0.3 is 0 Å². The minimum absolute atomic E-state index is 0.189. The molecule has 0 amide bonds. The van der Waals surface area contributed by atoms with Crippen LogP contribution in [0.2, 0.25) is 0 Å². The Morgan fingerprint density at radius 3 is 2.11 bits per heavy atom. The first-order valence-corrected chi connectivity index (χ1v) is 7.41. The molecular weight excluding hydrogens is 238 g/mol. The molecule has 0 spiro atoms. The fourth-order valence-corrected chi connectivity index (χ4v) is 3.53. The Hall–Kier alpha value is -0.940. The molecule has 1 aliphatic carbocycles. The Labute approximate surface area is 116 Å². The van der Waals surface area contributed by atoms with E-state index in [2.05, 4.69) is 16.8 Å². The zero-order valence-corrected chi connectivity index (χ0v) is 12.1. The highest BCUT2D eigenvalue weighted by Crippen LogP contribution is 2.34. The number of nitrogens with one attached hydrogen (secondary N) is 2. The van der Waals surface area contributed by atoms with Gasteiger partial charge in [-0.25, -0.2) is 0 Å². The second kappa shape index (κ2) is 6.48. The van der Waals surface area contributed by atoms with Crippen LogP contribution in [0.15, 0.2) is 0 Å². The number of hydrogen-bond acceptors (Lipinski definition) is 4. The molecule has 0 unspecified atom stereocenters. The minimum atomic E-state index is 0.189. The van der Waals surface area contributed by atoms with Crippen LogP contribution < -0.4 is 0 Å². The van der Waals surface area contributed by atoms with Gasteiger partial charge < -0.3 is 9.80 Å². The van der Waals surface area contributed by atoms with E-state index in [-0.39, 0.29) is 5.54 Å². The van der Waals surface area contributed by atoms with E-state index in [1.807, 2.05) is 0 Å². The van der Waals surface area contributed by atoms with Gasteiger partial charge in [0.05, 0.1) is 12.7 Å². The predicted molar refractivity (Wildman–Crippen MR) is 79.2 cm³/mol. The van der Waals surface area contributed by atoms with Crippen molar-refractivity contribution in [1.29, 1.82) is 10.8 Å². The van der Waals surface area contributed by atoms with E-state index in [1.54, 1.807) is 4.90 Å². The second-order valence-electron chi connectivity index (χ2n) is 6.01. The molecule has 5 heteroatoms. The number of nitrogens with zero attached hydrogens (tertiary/aromatic N) is 3. The Kier molecular flexibility index (Phi) is 4.93. The monoisotopic (exact) mass is 265 g/mol. The van der Waals surface area contributed by atoms with E-state index in [4.69, 9.17) is 10.8 Å². The largest absolute Gasteiger partial charge is 0.322 e. The third-order valence-electron chi connectivity index (χ3n) is 4.77. The average Bonchev–Trinajstić information content (AvgIpc) is 2.46. The van der Waals surface area contributed by atoms with Crippen LogP contribution in [0.4, 0.5) is 0 Å². The van der Waals surface area contributed by atoms with Gasteiger partial charge in [0.2, 0.25) is 0 Å². The average molecular weight is 265 g/mol. The molecule has 108 valence electrons. The molecule has 19 heavy (non-hydrogen) atoms. The smallest absolute Gasteiger partial charge is 0.0869 e. The maximum Gasteiger partial charge on any atom is 0.0869 e. The molecule has 2 aliphatic rings. The van der Waals surface area contributed by atoms with Gasteiger partial charge in [0, 0.05) is 38.3 Å². The fraction of sp³-hybridized carbons (Fsp3) is 0.857. The molecule has 0 radical (unpaired) electrons. The van der Waals surface area contributed by atoms with Gasteiger partial charge in [0.1, 0.15) is 0 Å². The van der Waals surface area contributed by atoms with Crippen molar-refractivity contribution in [2.24, 2.45) is 0 Å². The maximum atomic E-state index is 7.43. The van der Waals surface area contributed by atoms with Crippen molar-refractivity contribution < 1.29 is 0 Å². The molecule has 1 saturated heterocycles. The molecule has 2 fully saturated rings. The van der Waals surface area contributed by atoms with Crippen LogP contribution in [0, 0.1) is 10.8 Å². The van der Waals surface area contributed by atoms with E-state index < -0.39 is 0 Å². The fourth-order valence-electron chi connectivity index (χ4n) is 3.53. The first-order valence-electron chi connectivity index (χ1n) is 7.41. The first-order chi connectivity index (χ1) is 9.20. The van der Waals surface area contributed by atoms with E-state index in [0.717, 1.165) is 32.7 Å². The van der Waals surface area contributed by atoms with E-state index in [1.165, 1.54) is 44.8 Å². The van der Waals surface area contributed by atoms with E-state index in [0.29, 0.717) is 0 Å². The van der Waals surface area contributed by atoms with Gasteiger partial charge in [-0.15, -0.1) is 0 Å². The summed E-state index contributed by atoms with van der Waals surface area (Å²) in [5.41, 5.74) is 0.189. The van der Waals surface area contributed by atoms with Crippen molar-refractivity contribution >= 4 is 12.7 Å². The van der Waals surface area contributed by atoms with Crippen molar-refractivity contribution in [1.82, 2.24) is 14.7 Å². The molecular formula is C14H27N5. The zero-order chi connectivity index (χ0) is 13.7. The van der Waals surface area contributed by atoms with Crippen LogP contribution in [-0.4, -0.2) is 72.7 Å². The lowest BCUT2D eigenvalue weighted by atomic mass is 9.79. The zero-order valence-electron chi connectivity index (χ0n) is 12.1. The highest BCUT2D eigenvalue weighted by Gasteiger charge is 2.39. The topological polar surface area (TPSA) is 57.4 Å². The molecule has 1 aliphatic heterocycles. The normalized spacial score (nSPS) is 24.9. The Morgan fingerprint density at radius 2 is 1.58 bits per heavy atom. The van der Waals surface area contributed by atoms with Gasteiger partial charge in [-0.2, -0.15) is 0 Å². The summed E-state index contributed by atoms with van der Waals surface area (Å²) in [4.78, 5) is 6.74. The van der Waals surface area contributed by atoms with Crippen LogP contribution in [0.25, 0.3) is 0 Å². The molecule has 0 bridgehead atoms. The first kappa shape index (κ1) is 14.5. The molecule has 2 N–H and O–H groups in total. The summed E-state index contributed by atoms with van der Waals surface area (Å²) >= 11 is 0. The summed E-state index contributed by atoms with van der Waals surface area (Å²) < 4.78 is 0. The van der Waals surface area contributed by atoms with Gasteiger partial charge in [-0.3, -0.25) is 15.7 Å². The Morgan fingerprint density at radius 1 is 1.00 bits per heavy atom. The summed E-state index contributed by atoms with van der Waals surface area (Å²) in [6.45, 7) is 5.33. The van der Waals surface area contributed by atoms with Gasteiger partial charge in [-0.1, -0.05) is 19.3 Å². The molecule has 0 aromatic carbocycles. The van der Waals surface area contributed by atoms with Crippen LogP contribution in [0.5, 0.6) is 0 Å². The molecule has 0 atom stereocenters. The minimum Gasteiger partial charge on any atom is -0.322 e. The molecule has 1 saturated carbocycles. The van der Waals surface area contributed by atoms with Crippen LogP contribution >= 0.6 is 0 Å². The SMILES string of the molecule is CN1CCN(C2(CN(C=N)C=N)CCCCC2)CC1. The number of piperazine rings is 1. The van der Waals surface area contributed by atoms with Gasteiger partial charge in [0.25, 0.3) is 0 Å². The molecule has 0 aromatic rings. The highest BCUT2D eigenvalue weighted by molar-refractivity contribution is 5.71. The Balaban J connectivity index is 2.09. The highest BCUT2D eigenvalue weighted by atomic mass is 15.3.